The van der Waals surface area contributed by atoms with Crippen LogP contribution in [0.25, 0.3) is 0 Å². The molecule has 0 amide bonds. The predicted molar refractivity (Wildman–Crippen MR) is 104 cm³/mol. The SMILES string of the molecule is CCCCCC=CCCCCCCCCCCC(=O)OCC(O)CO. The number of carbonyl (C=O) groups is 1. The Morgan fingerprint density at radius 3 is 1.96 bits per heavy atom. The van der Waals surface area contributed by atoms with Gasteiger partial charge in [-0.05, 0) is 32.1 Å². The van der Waals surface area contributed by atoms with Crippen LogP contribution in [0.3, 0.4) is 0 Å². The fourth-order valence-electron chi connectivity index (χ4n) is 2.65. The van der Waals surface area contributed by atoms with E-state index in [0.29, 0.717) is 6.42 Å². The number of rotatable bonds is 18. The summed E-state index contributed by atoms with van der Waals surface area (Å²) in [5, 5.41) is 17.7. The summed E-state index contributed by atoms with van der Waals surface area (Å²) >= 11 is 0. The van der Waals surface area contributed by atoms with Gasteiger partial charge in [-0.3, -0.25) is 4.79 Å². The lowest BCUT2D eigenvalue weighted by molar-refractivity contribution is -0.147. The van der Waals surface area contributed by atoms with Crippen molar-refractivity contribution in [2.24, 2.45) is 0 Å². The summed E-state index contributed by atoms with van der Waals surface area (Å²) in [7, 11) is 0. The summed E-state index contributed by atoms with van der Waals surface area (Å²) in [4.78, 5) is 11.4. The van der Waals surface area contributed by atoms with E-state index in [9.17, 15) is 4.79 Å². The maximum absolute atomic E-state index is 11.4. The Labute approximate surface area is 154 Å². The van der Waals surface area contributed by atoms with E-state index in [1.165, 1.54) is 70.6 Å². The van der Waals surface area contributed by atoms with Gasteiger partial charge in [-0.15, -0.1) is 0 Å². The van der Waals surface area contributed by atoms with Gasteiger partial charge in [0.15, 0.2) is 0 Å². The Kier molecular flexibility index (Phi) is 18.8. The molecule has 0 aromatic rings. The lowest BCUT2D eigenvalue weighted by Gasteiger charge is -2.08. The molecule has 0 aromatic heterocycles. The topological polar surface area (TPSA) is 66.8 Å². The average Bonchev–Trinajstić information content (AvgIpc) is 2.62. The number of allylic oxidation sites excluding steroid dienone is 2. The molecule has 4 heteroatoms. The van der Waals surface area contributed by atoms with Gasteiger partial charge in [-0.25, -0.2) is 0 Å². The zero-order chi connectivity index (χ0) is 18.6. The van der Waals surface area contributed by atoms with Crippen LogP contribution in [-0.4, -0.2) is 35.5 Å². The second kappa shape index (κ2) is 19.5. The van der Waals surface area contributed by atoms with E-state index in [1.807, 2.05) is 0 Å². The number of aliphatic hydroxyl groups excluding tert-OH is 2. The molecule has 0 aliphatic carbocycles. The second-order valence-corrected chi connectivity index (χ2v) is 6.85. The molecule has 0 aliphatic heterocycles. The lowest BCUT2D eigenvalue weighted by atomic mass is 10.1. The van der Waals surface area contributed by atoms with Crippen molar-refractivity contribution in [3.63, 3.8) is 0 Å². The minimum Gasteiger partial charge on any atom is -0.463 e. The van der Waals surface area contributed by atoms with Gasteiger partial charge in [-0.1, -0.05) is 70.4 Å². The van der Waals surface area contributed by atoms with Gasteiger partial charge in [0, 0.05) is 6.42 Å². The summed E-state index contributed by atoms with van der Waals surface area (Å²) in [6, 6.07) is 0. The van der Waals surface area contributed by atoms with Crippen molar-refractivity contribution in [2.45, 2.75) is 103 Å². The first kappa shape index (κ1) is 24.1. The van der Waals surface area contributed by atoms with Gasteiger partial charge in [0.2, 0.25) is 0 Å². The monoisotopic (exact) mass is 356 g/mol. The van der Waals surface area contributed by atoms with Crippen LogP contribution in [-0.2, 0) is 9.53 Å². The molecule has 0 saturated carbocycles. The fraction of sp³-hybridized carbons (Fsp3) is 0.857. The Balaban J connectivity index is 3.20. The molecule has 0 aromatic carbocycles. The first-order chi connectivity index (χ1) is 12.2. The molecule has 0 saturated heterocycles. The van der Waals surface area contributed by atoms with Crippen molar-refractivity contribution in [3.05, 3.63) is 12.2 Å². The van der Waals surface area contributed by atoms with Gasteiger partial charge >= 0.3 is 5.97 Å². The van der Waals surface area contributed by atoms with Crippen molar-refractivity contribution >= 4 is 5.97 Å². The number of ether oxygens (including phenoxy) is 1. The molecule has 0 rings (SSSR count). The molecule has 25 heavy (non-hydrogen) atoms. The van der Waals surface area contributed by atoms with Gasteiger partial charge in [0.1, 0.15) is 12.7 Å². The van der Waals surface area contributed by atoms with E-state index < -0.39 is 6.10 Å². The van der Waals surface area contributed by atoms with Crippen LogP contribution in [0.4, 0.5) is 0 Å². The minimum absolute atomic E-state index is 0.108. The molecule has 0 aliphatic rings. The van der Waals surface area contributed by atoms with Gasteiger partial charge in [0.25, 0.3) is 0 Å². The molecule has 1 unspecified atom stereocenters. The molecule has 0 fully saturated rings. The zero-order valence-electron chi connectivity index (χ0n) is 16.3. The second-order valence-electron chi connectivity index (χ2n) is 6.85. The largest absolute Gasteiger partial charge is 0.463 e. The van der Waals surface area contributed by atoms with Crippen LogP contribution in [0.15, 0.2) is 12.2 Å². The number of hydrogen-bond acceptors (Lipinski definition) is 4. The highest BCUT2D eigenvalue weighted by Crippen LogP contribution is 2.11. The van der Waals surface area contributed by atoms with E-state index in [4.69, 9.17) is 14.9 Å². The number of esters is 1. The number of aliphatic hydroxyl groups is 2. The van der Waals surface area contributed by atoms with Crippen molar-refractivity contribution in [3.8, 4) is 0 Å². The van der Waals surface area contributed by atoms with Crippen molar-refractivity contribution in [1.29, 1.82) is 0 Å². The highest BCUT2D eigenvalue weighted by atomic mass is 16.5. The molecule has 2 N–H and O–H groups in total. The highest BCUT2D eigenvalue weighted by Gasteiger charge is 2.07. The van der Waals surface area contributed by atoms with E-state index in [-0.39, 0.29) is 19.2 Å². The van der Waals surface area contributed by atoms with Crippen molar-refractivity contribution in [1.82, 2.24) is 0 Å². The molecule has 0 radical (unpaired) electrons. The van der Waals surface area contributed by atoms with E-state index >= 15 is 0 Å². The summed E-state index contributed by atoms with van der Waals surface area (Å²) in [5.74, 6) is -0.282. The first-order valence-corrected chi connectivity index (χ1v) is 10.3. The van der Waals surface area contributed by atoms with Gasteiger partial charge in [-0.2, -0.15) is 0 Å². The van der Waals surface area contributed by atoms with Gasteiger partial charge in [0.05, 0.1) is 6.61 Å². The van der Waals surface area contributed by atoms with Crippen molar-refractivity contribution < 1.29 is 19.7 Å². The maximum Gasteiger partial charge on any atom is 0.305 e. The molecule has 0 heterocycles. The number of hydrogen-bond donors (Lipinski definition) is 2. The normalized spacial score (nSPS) is 12.6. The third-order valence-corrected chi connectivity index (χ3v) is 4.29. The zero-order valence-corrected chi connectivity index (χ0v) is 16.3. The quantitative estimate of drug-likeness (QED) is 0.208. The summed E-state index contributed by atoms with van der Waals surface area (Å²) < 4.78 is 4.86. The van der Waals surface area contributed by atoms with Crippen LogP contribution in [0.5, 0.6) is 0 Å². The molecule has 148 valence electrons. The number of carbonyl (C=O) groups excluding carboxylic acids is 1. The van der Waals surface area contributed by atoms with Crippen LogP contribution in [0, 0.1) is 0 Å². The Bertz CT molecular complexity index is 315. The summed E-state index contributed by atoms with van der Waals surface area (Å²) in [6.45, 7) is 1.76. The minimum atomic E-state index is -0.958. The Hall–Kier alpha value is -0.870. The molecule has 0 spiro atoms. The number of unbranched alkanes of at least 4 members (excludes halogenated alkanes) is 11. The van der Waals surface area contributed by atoms with Crippen LogP contribution < -0.4 is 0 Å². The molecule has 1 atom stereocenters. The average molecular weight is 357 g/mol. The van der Waals surface area contributed by atoms with Gasteiger partial charge < -0.3 is 14.9 Å². The highest BCUT2D eigenvalue weighted by molar-refractivity contribution is 5.69. The van der Waals surface area contributed by atoms with E-state index in [0.717, 1.165) is 12.8 Å². The molecule has 0 bridgehead atoms. The smallest absolute Gasteiger partial charge is 0.305 e. The van der Waals surface area contributed by atoms with Crippen molar-refractivity contribution in [2.75, 3.05) is 13.2 Å². The third-order valence-electron chi connectivity index (χ3n) is 4.29. The Morgan fingerprint density at radius 1 is 0.880 bits per heavy atom. The van der Waals surface area contributed by atoms with Crippen LogP contribution >= 0.6 is 0 Å². The molecular formula is C21H40O4. The third kappa shape index (κ3) is 19.3. The van der Waals surface area contributed by atoms with E-state index in [1.54, 1.807) is 0 Å². The first-order valence-electron chi connectivity index (χ1n) is 10.3. The predicted octanol–water partition coefficient (Wildman–Crippen LogP) is 4.92. The standard InChI is InChI=1S/C21H40O4/c1-2-3-4-5-6-7-8-9-10-11-12-13-14-15-16-17-21(24)25-19-20(23)18-22/h6-7,20,22-23H,2-5,8-19H2,1H3. The maximum atomic E-state index is 11.4. The summed E-state index contributed by atoms with van der Waals surface area (Å²) in [5.41, 5.74) is 0. The fourth-order valence-corrected chi connectivity index (χ4v) is 2.65. The Morgan fingerprint density at radius 2 is 1.40 bits per heavy atom. The van der Waals surface area contributed by atoms with Crippen LogP contribution in [0.2, 0.25) is 0 Å². The summed E-state index contributed by atoms with van der Waals surface area (Å²) in [6.07, 6.45) is 20.1. The lowest BCUT2D eigenvalue weighted by Crippen LogP contribution is -2.21. The molecular weight excluding hydrogens is 316 g/mol. The molecule has 4 nitrogen and oxygen atoms in total. The van der Waals surface area contributed by atoms with Crippen LogP contribution in [0.1, 0.15) is 96.8 Å². The van der Waals surface area contributed by atoms with E-state index in [2.05, 4.69) is 19.1 Å².